The van der Waals surface area contributed by atoms with E-state index in [-0.39, 0.29) is 12.5 Å². The Balaban J connectivity index is 2.31. The van der Waals surface area contributed by atoms with Gasteiger partial charge >= 0.3 is 6.03 Å². The summed E-state index contributed by atoms with van der Waals surface area (Å²) in [4.78, 5) is 25.0. The van der Waals surface area contributed by atoms with Crippen LogP contribution in [0.1, 0.15) is 25.8 Å². The predicted octanol–water partition coefficient (Wildman–Crippen LogP) is 2.81. The SMILES string of the molecule is CCC1(C)C(=O)NC(=O)N1Cc1ccc(Br)cc1F. The normalized spacial score (nSPS) is 22.8. The van der Waals surface area contributed by atoms with Crippen molar-refractivity contribution in [3.05, 3.63) is 34.1 Å². The molecule has 0 bridgehead atoms. The molecular formula is C13H14BrFN2O2. The maximum Gasteiger partial charge on any atom is 0.325 e. The lowest BCUT2D eigenvalue weighted by Crippen LogP contribution is -2.46. The fourth-order valence-corrected chi connectivity index (χ4v) is 2.40. The van der Waals surface area contributed by atoms with Gasteiger partial charge in [-0.3, -0.25) is 10.1 Å². The number of hydrogen-bond acceptors (Lipinski definition) is 2. The highest BCUT2D eigenvalue weighted by molar-refractivity contribution is 9.10. The molecule has 6 heteroatoms. The molecule has 0 aromatic heterocycles. The average molecular weight is 329 g/mol. The van der Waals surface area contributed by atoms with Crippen molar-refractivity contribution in [2.75, 3.05) is 0 Å². The Morgan fingerprint density at radius 3 is 2.68 bits per heavy atom. The monoisotopic (exact) mass is 328 g/mol. The van der Waals surface area contributed by atoms with Crippen LogP contribution in [0.5, 0.6) is 0 Å². The van der Waals surface area contributed by atoms with Crippen LogP contribution in [0.2, 0.25) is 0 Å². The molecule has 1 saturated heterocycles. The molecular weight excluding hydrogens is 315 g/mol. The summed E-state index contributed by atoms with van der Waals surface area (Å²) >= 11 is 3.18. The maximum atomic E-state index is 13.8. The van der Waals surface area contributed by atoms with Gasteiger partial charge in [0.25, 0.3) is 5.91 Å². The standard InChI is InChI=1S/C13H14BrFN2O2/c1-3-13(2)11(18)16-12(19)17(13)7-8-4-5-9(14)6-10(8)15/h4-6H,3,7H2,1-2H3,(H,16,18,19). The summed E-state index contributed by atoms with van der Waals surface area (Å²) < 4.78 is 14.4. The number of hydrogen-bond donors (Lipinski definition) is 1. The van der Waals surface area contributed by atoms with E-state index in [1.165, 1.54) is 11.0 Å². The van der Waals surface area contributed by atoms with Gasteiger partial charge in [-0.15, -0.1) is 0 Å². The van der Waals surface area contributed by atoms with Gasteiger partial charge in [-0.05, 0) is 25.5 Å². The van der Waals surface area contributed by atoms with Crippen LogP contribution in [-0.4, -0.2) is 22.4 Å². The fraction of sp³-hybridized carbons (Fsp3) is 0.385. The molecule has 3 amide bonds. The van der Waals surface area contributed by atoms with E-state index in [0.29, 0.717) is 16.5 Å². The fourth-order valence-electron chi connectivity index (χ4n) is 2.06. The highest BCUT2D eigenvalue weighted by Gasteiger charge is 2.47. The molecule has 19 heavy (non-hydrogen) atoms. The van der Waals surface area contributed by atoms with Gasteiger partial charge in [0.05, 0.1) is 6.54 Å². The molecule has 0 aliphatic carbocycles. The summed E-state index contributed by atoms with van der Waals surface area (Å²) in [5.74, 6) is -0.738. The zero-order valence-corrected chi connectivity index (χ0v) is 12.3. The van der Waals surface area contributed by atoms with E-state index in [0.717, 1.165) is 0 Å². The summed E-state index contributed by atoms with van der Waals surface area (Å²) in [6, 6.07) is 4.17. The molecule has 1 heterocycles. The molecule has 102 valence electrons. The predicted molar refractivity (Wildman–Crippen MR) is 71.9 cm³/mol. The molecule has 4 nitrogen and oxygen atoms in total. The van der Waals surface area contributed by atoms with Crippen molar-refractivity contribution < 1.29 is 14.0 Å². The Labute approximate surface area is 119 Å². The summed E-state index contributed by atoms with van der Waals surface area (Å²) in [5, 5.41) is 2.28. The quantitative estimate of drug-likeness (QED) is 0.867. The largest absolute Gasteiger partial charge is 0.325 e. The van der Waals surface area contributed by atoms with Gasteiger partial charge in [0.1, 0.15) is 11.4 Å². The number of urea groups is 1. The molecule has 2 rings (SSSR count). The number of amides is 3. The minimum Gasteiger partial charge on any atom is -0.306 e. The first kappa shape index (κ1) is 14.0. The Kier molecular flexibility index (Phi) is 3.62. The molecule has 1 fully saturated rings. The number of carbonyl (C=O) groups is 2. The summed E-state index contributed by atoms with van der Waals surface area (Å²) in [6.07, 6.45) is 0.475. The lowest BCUT2D eigenvalue weighted by atomic mass is 9.97. The molecule has 1 aliphatic heterocycles. The molecule has 1 aliphatic rings. The zero-order valence-electron chi connectivity index (χ0n) is 10.7. The molecule has 1 aromatic carbocycles. The van der Waals surface area contributed by atoms with Gasteiger partial charge in [-0.2, -0.15) is 0 Å². The third-order valence-corrected chi connectivity index (χ3v) is 4.08. The van der Waals surface area contributed by atoms with Gasteiger partial charge in [0, 0.05) is 10.0 Å². The van der Waals surface area contributed by atoms with E-state index in [1.807, 2.05) is 6.92 Å². The number of rotatable bonds is 3. The second kappa shape index (κ2) is 4.92. The number of nitrogens with zero attached hydrogens (tertiary/aromatic N) is 1. The second-order valence-corrected chi connectivity index (χ2v) is 5.62. The van der Waals surface area contributed by atoms with E-state index < -0.39 is 17.4 Å². The summed E-state index contributed by atoms with van der Waals surface area (Å²) in [5.41, 5.74) is -0.538. The van der Waals surface area contributed by atoms with E-state index in [2.05, 4.69) is 21.2 Å². The molecule has 1 atom stereocenters. The number of carbonyl (C=O) groups excluding carboxylic acids is 2. The minimum atomic E-state index is -0.920. The smallest absolute Gasteiger partial charge is 0.306 e. The van der Waals surface area contributed by atoms with Crippen LogP contribution < -0.4 is 5.32 Å². The van der Waals surface area contributed by atoms with Gasteiger partial charge in [-0.25, -0.2) is 9.18 Å². The van der Waals surface area contributed by atoms with Gasteiger partial charge in [0.2, 0.25) is 0 Å². The third-order valence-electron chi connectivity index (χ3n) is 3.58. The Bertz CT molecular complexity index is 549. The van der Waals surface area contributed by atoms with Crippen molar-refractivity contribution in [1.29, 1.82) is 0 Å². The lowest BCUT2D eigenvalue weighted by molar-refractivity contribution is -0.126. The van der Waals surface area contributed by atoms with Crippen LogP contribution in [0.25, 0.3) is 0 Å². The Hall–Kier alpha value is -1.43. The van der Waals surface area contributed by atoms with Crippen LogP contribution >= 0.6 is 15.9 Å². The van der Waals surface area contributed by atoms with Crippen LogP contribution in [-0.2, 0) is 11.3 Å². The maximum absolute atomic E-state index is 13.8. The molecule has 0 saturated carbocycles. The molecule has 1 N–H and O–H groups in total. The van der Waals surface area contributed by atoms with Crippen LogP contribution in [0.3, 0.4) is 0 Å². The van der Waals surface area contributed by atoms with E-state index >= 15 is 0 Å². The van der Waals surface area contributed by atoms with E-state index in [9.17, 15) is 14.0 Å². The van der Waals surface area contributed by atoms with Crippen molar-refractivity contribution in [2.45, 2.75) is 32.4 Å². The first-order valence-electron chi connectivity index (χ1n) is 5.95. The first-order valence-corrected chi connectivity index (χ1v) is 6.74. The molecule has 0 radical (unpaired) electrons. The van der Waals surface area contributed by atoms with Crippen LogP contribution in [0, 0.1) is 5.82 Å². The average Bonchev–Trinajstić information content (AvgIpc) is 2.56. The van der Waals surface area contributed by atoms with E-state index in [4.69, 9.17) is 0 Å². The summed E-state index contributed by atoms with van der Waals surface area (Å²) in [6.45, 7) is 3.58. The number of benzene rings is 1. The van der Waals surface area contributed by atoms with Gasteiger partial charge < -0.3 is 4.90 Å². The first-order chi connectivity index (χ1) is 8.88. The molecule has 0 spiro atoms. The van der Waals surface area contributed by atoms with Crippen molar-refractivity contribution in [2.24, 2.45) is 0 Å². The Morgan fingerprint density at radius 1 is 1.42 bits per heavy atom. The highest BCUT2D eigenvalue weighted by Crippen LogP contribution is 2.28. The lowest BCUT2D eigenvalue weighted by Gasteiger charge is -2.30. The molecule has 1 unspecified atom stereocenters. The number of halogens is 2. The topological polar surface area (TPSA) is 49.4 Å². The van der Waals surface area contributed by atoms with Crippen molar-refractivity contribution in [3.63, 3.8) is 0 Å². The van der Waals surface area contributed by atoms with E-state index in [1.54, 1.807) is 19.1 Å². The number of nitrogens with one attached hydrogen (secondary N) is 1. The summed E-state index contributed by atoms with van der Waals surface area (Å²) in [7, 11) is 0. The zero-order chi connectivity index (χ0) is 14.2. The van der Waals surface area contributed by atoms with Crippen molar-refractivity contribution in [3.8, 4) is 0 Å². The third kappa shape index (κ3) is 2.36. The minimum absolute atomic E-state index is 0.0705. The van der Waals surface area contributed by atoms with Crippen molar-refractivity contribution in [1.82, 2.24) is 10.2 Å². The van der Waals surface area contributed by atoms with Crippen LogP contribution in [0.4, 0.5) is 9.18 Å². The van der Waals surface area contributed by atoms with Crippen LogP contribution in [0.15, 0.2) is 22.7 Å². The highest BCUT2D eigenvalue weighted by atomic mass is 79.9. The second-order valence-electron chi connectivity index (χ2n) is 4.71. The Morgan fingerprint density at radius 2 is 2.11 bits per heavy atom. The van der Waals surface area contributed by atoms with Gasteiger partial charge in [0.15, 0.2) is 0 Å². The van der Waals surface area contributed by atoms with Crippen molar-refractivity contribution >= 4 is 27.9 Å². The molecule has 1 aromatic rings. The van der Waals surface area contributed by atoms with Gasteiger partial charge in [-0.1, -0.05) is 28.9 Å². The number of imide groups is 1.